The van der Waals surface area contributed by atoms with Gasteiger partial charge < -0.3 is 14.6 Å². The minimum Gasteiger partial charge on any atom is -0.507 e. The van der Waals surface area contributed by atoms with Crippen LogP contribution in [0.5, 0.6) is 17.2 Å². The fourth-order valence-corrected chi connectivity index (χ4v) is 9.00. The van der Waals surface area contributed by atoms with Crippen LogP contribution in [0.3, 0.4) is 0 Å². The van der Waals surface area contributed by atoms with E-state index in [4.69, 9.17) is 32.7 Å². The number of carbonyl (C=O) groups excluding carboxylic acids is 4. The molecule has 1 N–H and O–H groups in total. The molecule has 4 aliphatic rings. The van der Waals surface area contributed by atoms with Gasteiger partial charge in [0.05, 0.1) is 37.4 Å². The number of benzene rings is 3. The maximum absolute atomic E-state index is 14.6. The number of alkyl halides is 2. The van der Waals surface area contributed by atoms with Gasteiger partial charge in [-0.25, -0.2) is 9.29 Å². The van der Waals surface area contributed by atoms with E-state index in [0.717, 1.165) is 20.6 Å². The number of ether oxygens (including phenoxy) is 2. The molecule has 3 aromatic carbocycles. The third kappa shape index (κ3) is 4.38. The molecule has 2 saturated heterocycles. The monoisotopic (exact) mass is 790 g/mol. The zero-order valence-corrected chi connectivity index (χ0v) is 28.5. The summed E-state index contributed by atoms with van der Waals surface area (Å²) in [5.41, 5.74) is 1.01. The molecule has 3 fully saturated rings. The number of allylic oxidation sites excluding steroid dienone is 2. The van der Waals surface area contributed by atoms with E-state index in [1.807, 2.05) is 0 Å². The minimum absolute atomic E-state index is 0.0485. The van der Waals surface area contributed by atoms with Crippen LogP contribution >= 0.6 is 45.8 Å². The third-order valence-corrected chi connectivity index (χ3v) is 12.0. The summed E-state index contributed by atoms with van der Waals surface area (Å²) in [6.45, 7) is 0. The number of phenolic OH excluding ortho intramolecular Hbond substituents is 1. The number of hydrogen-bond donors (Lipinski definition) is 1. The van der Waals surface area contributed by atoms with Crippen molar-refractivity contribution < 1.29 is 38.1 Å². The standard InChI is InChI=1S/C34H26Cl2FIN2O7/c1-46-20-13-24(41)27(25(14-20)47-2)28-21-11-12-22-26(30(43)39(29(22)42)18-9-5-17(38)6-10-18)23(21)15-33(35)31(44)40(32(45)34(28,33)36)19-7-3-16(37)4-8-19/h3-11,13-14,22-23,26,28,41H,12,15H2,1-2H3/t22-,23+,26-,28+,33+,34-/m0/s1. The summed E-state index contributed by atoms with van der Waals surface area (Å²) in [5, 5.41) is 11.5. The molecule has 0 unspecified atom stereocenters. The first-order valence-corrected chi connectivity index (χ1v) is 16.5. The summed E-state index contributed by atoms with van der Waals surface area (Å²) in [6.07, 6.45) is 1.65. The number of amides is 4. The van der Waals surface area contributed by atoms with Crippen molar-refractivity contribution in [3.63, 3.8) is 0 Å². The minimum atomic E-state index is -2.24. The number of aromatic hydroxyl groups is 1. The second kappa shape index (κ2) is 11.2. The average Bonchev–Trinajstić information content (AvgIpc) is 3.39. The predicted molar refractivity (Wildman–Crippen MR) is 179 cm³/mol. The summed E-state index contributed by atoms with van der Waals surface area (Å²) in [7, 11) is 2.77. The lowest BCUT2D eigenvalue weighted by molar-refractivity contribution is -0.125. The fraction of sp³-hybridized carbons (Fsp3) is 0.294. The van der Waals surface area contributed by atoms with Gasteiger partial charge in [-0.15, -0.1) is 23.2 Å². The normalized spacial score (nSPS) is 29.8. The van der Waals surface area contributed by atoms with Crippen molar-refractivity contribution in [2.24, 2.45) is 17.8 Å². The Morgan fingerprint density at radius 3 is 2.15 bits per heavy atom. The maximum Gasteiger partial charge on any atom is 0.258 e. The Bertz CT molecular complexity index is 1910. The van der Waals surface area contributed by atoms with Gasteiger partial charge in [0.25, 0.3) is 11.8 Å². The predicted octanol–water partition coefficient (Wildman–Crippen LogP) is 5.92. The summed E-state index contributed by atoms with van der Waals surface area (Å²) < 4.78 is 25.8. The zero-order chi connectivity index (χ0) is 33.6. The molecule has 4 amide bonds. The summed E-state index contributed by atoms with van der Waals surface area (Å²) in [4.78, 5) is 54.6. The number of methoxy groups -OCH3 is 2. The van der Waals surface area contributed by atoms with Crippen molar-refractivity contribution in [2.75, 3.05) is 24.0 Å². The number of carbonyl (C=O) groups is 4. The van der Waals surface area contributed by atoms with Crippen molar-refractivity contribution in [3.8, 4) is 17.2 Å². The van der Waals surface area contributed by atoms with Gasteiger partial charge in [-0.05, 0) is 89.9 Å². The molecule has 0 radical (unpaired) electrons. The molecule has 7 rings (SSSR count). The Hall–Kier alpha value is -3.68. The number of anilines is 2. The number of rotatable bonds is 5. The van der Waals surface area contributed by atoms with Crippen molar-refractivity contribution in [1.82, 2.24) is 0 Å². The zero-order valence-electron chi connectivity index (χ0n) is 24.9. The van der Waals surface area contributed by atoms with Gasteiger partial charge in [0.15, 0.2) is 9.75 Å². The van der Waals surface area contributed by atoms with Gasteiger partial charge in [0.2, 0.25) is 11.8 Å². The Morgan fingerprint density at radius 1 is 0.872 bits per heavy atom. The molecule has 0 spiro atoms. The first-order valence-electron chi connectivity index (χ1n) is 14.7. The van der Waals surface area contributed by atoms with Crippen molar-refractivity contribution in [3.05, 3.63) is 87.3 Å². The lowest BCUT2D eigenvalue weighted by Gasteiger charge is -2.50. The molecule has 0 aromatic heterocycles. The van der Waals surface area contributed by atoms with E-state index in [-0.39, 0.29) is 47.2 Å². The van der Waals surface area contributed by atoms with Gasteiger partial charge in [-0.3, -0.25) is 24.1 Å². The van der Waals surface area contributed by atoms with Crippen LogP contribution in [0.4, 0.5) is 15.8 Å². The molecule has 2 aliphatic carbocycles. The Labute approximate surface area is 292 Å². The molecule has 13 heteroatoms. The first kappa shape index (κ1) is 31.9. The fourth-order valence-electron chi connectivity index (χ4n) is 7.72. The first-order chi connectivity index (χ1) is 22.4. The van der Waals surface area contributed by atoms with Crippen LogP contribution in [-0.4, -0.2) is 52.7 Å². The van der Waals surface area contributed by atoms with Crippen molar-refractivity contribution >= 4 is 80.8 Å². The van der Waals surface area contributed by atoms with Crippen LogP contribution in [0.2, 0.25) is 0 Å². The number of hydrogen-bond acceptors (Lipinski definition) is 7. The van der Waals surface area contributed by atoms with E-state index in [1.165, 1.54) is 43.4 Å². The quantitative estimate of drug-likeness (QED) is 0.148. The second-order valence-corrected chi connectivity index (χ2v) is 14.5. The van der Waals surface area contributed by atoms with E-state index in [0.29, 0.717) is 11.3 Å². The lowest BCUT2D eigenvalue weighted by atomic mass is 9.56. The highest BCUT2D eigenvalue weighted by atomic mass is 127. The molecular formula is C34H26Cl2FIN2O7. The maximum atomic E-state index is 14.6. The van der Waals surface area contributed by atoms with Gasteiger partial charge in [-0.2, -0.15) is 0 Å². The largest absolute Gasteiger partial charge is 0.507 e. The number of phenols is 1. The Kier molecular flexibility index (Phi) is 7.60. The number of fused-ring (bicyclic) bond motifs is 4. The molecule has 242 valence electrons. The van der Waals surface area contributed by atoms with Crippen LogP contribution in [0, 0.1) is 27.1 Å². The second-order valence-electron chi connectivity index (χ2n) is 12.0. The number of halogens is 4. The van der Waals surface area contributed by atoms with Crippen LogP contribution in [0.25, 0.3) is 0 Å². The van der Waals surface area contributed by atoms with Crippen LogP contribution in [0.1, 0.15) is 24.3 Å². The van der Waals surface area contributed by atoms with Gasteiger partial charge >= 0.3 is 0 Å². The number of nitrogens with zero attached hydrogens (tertiary/aromatic N) is 2. The van der Waals surface area contributed by atoms with Gasteiger partial charge in [0.1, 0.15) is 23.1 Å². The van der Waals surface area contributed by atoms with E-state index >= 15 is 0 Å². The topological polar surface area (TPSA) is 113 Å². The SMILES string of the molecule is COc1cc(O)c([C@H]2C3=CC[C@@H]4C(=O)N(c5ccc(I)cc5)C(=O)[C@@H]4[C@@H]3C[C@@]3(Cl)C(=O)N(c4ccc(F)cc4)C(=O)[C@@]23Cl)c(OC)c1. The Morgan fingerprint density at radius 2 is 1.51 bits per heavy atom. The van der Waals surface area contributed by atoms with E-state index in [1.54, 1.807) is 30.3 Å². The van der Waals surface area contributed by atoms with Gasteiger partial charge in [-0.1, -0.05) is 11.6 Å². The molecule has 6 atom stereocenters. The molecule has 47 heavy (non-hydrogen) atoms. The molecule has 2 heterocycles. The molecule has 9 nitrogen and oxygen atoms in total. The third-order valence-electron chi connectivity index (χ3n) is 9.82. The molecule has 1 saturated carbocycles. The van der Waals surface area contributed by atoms with Crippen LogP contribution < -0.4 is 19.3 Å². The summed E-state index contributed by atoms with van der Waals surface area (Å²) in [6, 6.07) is 14.5. The van der Waals surface area contributed by atoms with E-state index in [2.05, 4.69) is 22.6 Å². The smallest absolute Gasteiger partial charge is 0.258 e. The number of imide groups is 2. The van der Waals surface area contributed by atoms with Crippen LogP contribution in [0.15, 0.2) is 72.3 Å². The summed E-state index contributed by atoms with van der Waals surface area (Å²) in [5.74, 6) is -6.98. The van der Waals surface area contributed by atoms with Crippen LogP contribution in [-0.2, 0) is 19.2 Å². The Balaban J connectivity index is 1.44. The molecule has 2 aliphatic heterocycles. The van der Waals surface area contributed by atoms with E-state index < -0.39 is 57.0 Å². The molecule has 3 aromatic rings. The molecular weight excluding hydrogens is 765 g/mol. The highest BCUT2D eigenvalue weighted by Gasteiger charge is 2.77. The summed E-state index contributed by atoms with van der Waals surface area (Å²) >= 11 is 16.9. The lowest BCUT2D eigenvalue weighted by Crippen LogP contribution is -2.60. The van der Waals surface area contributed by atoms with Crippen molar-refractivity contribution in [2.45, 2.75) is 28.5 Å². The highest BCUT2D eigenvalue weighted by molar-refractivity contribution is 14.1. The molecule has 0 bridgehead atoms. The van der Waals surface area contributed by atoms with Crippen molar-refractivity contribution in [1.29, 1.82) is 0 Å². The van der Waals surface area contributed by atoms with E-state index in [9.17, 15) is 28.7 Å². The van der Waals surface area contributed by atoms with Gasteiger partial charge in [0, 0.05) is 27.2 Å². The average molecular weight is 791 g/mol. The highest BCUT2D eigenvalue weighted by Crippen LogP contribution is 2.67.